The van der Waals surface area contributed by atoms with E-state index in [0.29, 0.717) is 13.0 Å². The molecule has 0 aromatic heterocycles. The second-order valence-corrected chi connectivity index (χ2v) is 7.92. The highest BCUT2D eigenvalue weighted by Crippen LogP contribution is 2.25. The molecular formula is C19H33N3O4. The molecular weight excluding hydrogens is 334 g/mol. The van der Waals surface area contributed by atoms with E-state index >= 15 is 0 Å². The van der Waals surface area contributed by atoms with E-state index in [0.717, 1.165) is 25.7 Å². The predicted molar refractivity (Wildman–Crippen MR) is 100 cm³/mol. The maximum Gasteiger partial charge on any atom is 0.408 e. The standard InChI is InChI=1S/C19H33N3O4/c1-6-7-8-9-10-14(21-18(25)26-19(3,4)5)17(24)22-12-11-13(2)15(22)16(20)23/h6,13-15H,1,7-12H2,2-5H3,(H2,20,23)(H,21,25)/t13?,14-,15-/m0/s1. The Morgan fingerprint density at radius 2 is 2.00 bits per heavy atom. The zero-order chi connectivity index (χ0) is 19.9. The minimum absolute atomic E-state index is 0.0133. The summed E-state index contributed by atoms with van der Waals surface area (Å²) in [4.78, 5) is 38.4. The Balaban J connectivity index is 2.84. The molecule has 0 aliphatic carbocycles. The molecule has 1 fully saturated rings. The number of carbonyl (C=O) groups excluding carboxylic acids is 3. The molecule has 1 aliphatic heterocycles. The Labute approximate surface area is 156 Å². The largest absolute Gasteiger partial charge is 0.444 e. The van der Waals surface area contributed by atoms with Gasteiger partial charge in [0.15, 0.2) is 0 Å². The lowest BCUT2D eigenvalue weighted by atomic mass is 10.0. The molecule has 3 amide bonds. The molecule has 3 atom stereocenters. The molecule has 0 radical (unpaired) electrons. The normalized spacial score (nSPS) is 21.2. The number of likely N-dealkylation sites (tertiary alicyclic amines) is 1. The van der Waals surface area contributed by atoms with Crippen LogP contribution in [-0.4, -0.2) is 47.0 Å². The van der Waals surface area contributed by atoms with Gasteiger partial charge in [-0.15, -0.1) is 6.58 Å². The number of rotatable bonds is 8. The highest BCUT2D eigenvalue weighted by molar-refractivity contribution is 5.91. The summed E-state index contributed by atoms with van der Waals surface area (Å²) in [6.45, 7) is 11.3. The number of allylic oxidation sites excluding steroid dienone is 1. The summed E-state index contributed by atoms with van der Waals surface area (Å²) < 4.78 is 5.28. The molecule has 1 heterocycles. The van der Waals surface area contributed by atoms with E-state index in [-0.39, 0.29) is 11.8 Å². The first-order valence-corrected chi connectivity index (χ1v) is 9.27. The van der Waals surface area contributed by atoms with Crippen molar-refractivity contribution in [2.24, 2.45) is 11.7 Å². The van der Waals surface area contributed by atoms with Gasteiger partial charge in [-0.05, 0) is 52.4 Å². The molecule has 7 nitrogen and oxygen atoms in total. The molecule has 0 aromatic rings. The fraction of sp³-hybridized carbons (Fsp3) is 0.737. The summed E-state index contributed by atoms with van der Waals surface area (Å²) in [5, 5.41) is 2.67. The van der Waals surface area contributed by atoms with Crippen LogP contribution in [-0.2, 0) is 14.3 Å². The summed E-state index contributed by atoms with van der Waals surface area (Å²) in [7, 11) is 0. The van der Waals surface area contributed by atoms with Gasteiger partial charge >= 0.3 is 6.09 Å². The van der Waals surface area contributed by atoms with E-state index in [1.165, 1.54) is 4.90 Å². The highest BCUT2D eigenvalue weighted by atomic mass is 16.6. The first kappa shape index (κ1) is 22.0. The van der Waals surface area contributed by atoms with Crippen LogP contribution in [0.3, 0.4) is 0 Å². The number of primary amides is 1. The van der Waals surface area contributed by atoms with Crippen molar-refractivity contribution in [2.45, 2.75) is 77.5 Å². The predicted octanol–water partition coefficient (Wildman–Crippen LogP) is 2.35. The summed E-state index contributed by atoms with van der Waals surface area (Å²) in [6.07, 6.45) is 4.85. The van der Waals surface area contributed by atoms with Crippen molar-refractivity contribution in [3.8, 4) is 0 Å². The van der Waals surface area contributed by atoms with Crippen LogP contribution < -0.4 is 11.1 Å². The lowest BCUT2D eigenvalue weighted by Gasteiger charge is -2.29. The van der Waals surface area contributed by atoms with Gasteiger partial charge in [-0.2, -0.15) is 0 Å². The summed E-state index contributed by atoms with van der Waals surface area (Å²) in [6, 6.07) is -1.36. The first-order valence-electron chi connectivity index (χ1n) is 9.27. The smallest absolute Gasteiger partial charge is 0.408 e. The molecule has 148 valence electrons. The average molecular weight is 367 g/mol. The third-order valence-electron chi connectivity index (χ3n) is 4.41. The van der Waals surface area contributed by atoms with Crippen LogP contribution >= 0.6 is 0 Å². The van der Waals surface area contributed by atoms with E-state index in [1.54, 1.807) is 20.8 Å². The maximum atomic E-state index is 13.0. The maximum absolute atomic E-state index is 13.0. The van der Waals surface area contributed by atoms with Crippen molar-refractivity contribution in [1.29, 1.82) is 0 Å². The van der Waals surface area contributed by atoms with Crippen LogP contribution in [0.25, 0.3) is 0 Å². The molecule has 0 saturated carbocycles. The fourth-order valence-electron chi connectivity index (χ4n) is 3.17. The van der Waals surface area contributed by atoms with E-state index in [9.17, 15) is 14.4 Å². The Hall–Kier alpha value is -2.05. The van der Waals surface area contributed by atoms with Crippen LogP contribution in [0.15, 0.2) is 12.7 Å². The number of nitrogens with zero attached hydrogens (tertiary/aromatic N) is 1. The number of amides is 3. The molecule has 7 heteroatoms. The monoisotopic (exact) mass is 367 g/mol. The fourth-order valence-corrected chi connectivity index (χ4v) is 3.17. The number of nitrogens with two attached hydrogens (primary N) is 1. The first-order chi connectivity index (χ1) is 12.1. The molecule has 0 spiro atoms. The van der Waals surface area contributed by atoms with Crippen molar-refractivity contribution < 1.29 is 19.1 Å². The SMILES string of the molecule is C=CCCCC[C@H](NC(=O)OC(C)(C)C)C(=O)N1CCC(C)[C@H]1C(N)=O. The molecule has 0 bridgehead atoms. The molecule has 1 aliphatic rings. The Bertz CT molecular complexity index is 527. The van der Waals surface area contributed by atoms with Gasteiger partial charge in [0.2, 0.25) is 11.8 Å². The third kappa shape index (κ3) is 6.69. The van der Waals surface area contributed by atoms with Gasteiger partial charge in [0.1, 0.15) is 17.7 Å². The number of hydrogen-bond donors (Lipinski definition) is 2. The molecule has 0 aromatic carbocycles. The van der Waals surface area contributed by atoms with Gasteiger partial charge in [0.25, 0.3) is 0 Å². The Morgan fingerprint density at radius 1 is 1.35 bits per heavy atom. The van der Waals surface area contributed by atoms with E-state index in [4.69, 9.17) is 10.5 Å². The van der Waals surface area contributed by atoms with Gasteiger partial charge in [0, 0.05) is 6.54 Å². The van der Waals surface area contributed by atoms with E-state index < -0.39 is 29.7 Å². The topological polar surface area (TPSA) is 102 Å². The zero-order valence-corrected chi connectivity index (χ0v) is 16.4. The van der Waals surface area contributed by atoms with Crippen LogP contribution in [0.4, 0.5) is 4.79 Å². The van der Waals surface area contributed by atoms with Crippen molar-refractivity contribution in [1.82, 2.24) is 10.2 Å². The minimum atomic E-state index is -0.734. The summed E-state index contributed by atoms with van der Waals surface area (Å²) >= 11 is 0. The number of alkyl carbamates (subject to hydrolysis) is 1. The van der Waals surface area contributed by atoms with Crippen LogP contribution in [0, 0.1) is 5.92 Å². The number of unbranched alkanes of at least 4 members (excludes halogenated alkanes) is 2. The van der Waals surface area contributed by atoms with E-state index in [2.05, 4.69) is 11.9 Å². The number of hydrogen-bond acceptors (Lipinski definition) is 4. The van der Waals surface area contributed by atoms with Crippen molar-refractivity contribution in [2.75, 3.05) is 6.54 Å². The lowest BCUT2D eigenvalue weighted by molar-refractivity contribution is -0.139. The summed E-state index contributed by atoms with van der Waals surface area (Å²) in [5.41, 5.74) is 4.83. The third-order valence-corrected chi connectivity index (χ3v) is 4.41. The molecule has 1 saturated heterocycles. The highest BCUT2D eigenvalue weighted by Gasteiger charge is 2.41. The number of nitrogens with one attached hydrogen (secondary N) is 1. The second kappa shape index (κ2) is 9.59. The Kier molecular flexibility index (Phi) is 8.11. The quantitative estimate of drug-likeness (QED) is 0.508. The van der Waals surface area contributed by atoms with E-state index in [1.807, 2.05) is 13.0 Å². The van der Waals surface area contributed by atoms with Crippen molar-refractivity contribution in [3.05, 3.63) is 12.7 Å². The zero-order valence-electron chi connectivity index (χ0n) is 16.4. The molecule has 26 heavy (non-hydrogen) atoms. The van der Waals surface area contributed by atoms with Gasteiger partial charge in [-0.1, -0.05) is 19.4 Å². The van der Waals surface area contributed by atoms with Gasteiger partial charge < -0.3 is 20.7 Å². The van der Waals surface area contributed by atoms with Crippen molar-refractivity contribution in [3.63, 3.8) is 0 Å². The van der Waals surface area contributed by atoms with Crippen LogP contribution in [0.5, 0.6) is 0 Å². The lowest BCUT2D eigenvalue weighted by Crippen LogP contribution is -2.54. The Morgan fingerprint density at radius 3 is 2.54 bits per heavy atom. The van der Waals surface area contributed by atoms with Crippen molar-refractivity contribution >= 4 is 17.9 Å². The minimum Gasteiger partial charge on any atom is -0.444 e. The van der Waals surface area contributed by atoms with Gasteiger partial charge in [-0.25, -0.2) is 4.79 Å². The molecule has 3 N–H and O–H groups in total. The van der Waals surface area contributed by atoms with Gasteiger partial charge in [-0.3, -0.25) is 9.59 Å². The van der Waals surface area contributed by atoms with Crippen LogP contribution in [0.2, 0.25) is 0 Å². The average Bonchev–Trinajstić information content (AvgIpc) is 2.89. The van der Waals surface area contributed by atoms with Crippen LogP contribution in [0.1, 0.15) is 59.8 Å². The summed E-state index contributed by atoms with van der Waals surface area (Å²) in [5.74, 6) is -0.770. The van der Waals surface area contributed by atoms with Gasteiger partial charge in [0.05, 0.1) is 0 Å². The second-order valence-electron chi connectivity index (χ2n) is 7.92. The number of ether oxygens (including phenoxy) is 1. The molecule has 1 unspecified atom stereocenters. The molecule has 1 rings (SSSR count). The number of carbonyl (C=O) groups is 3.